The van der Waals surface area contributed by atoms with E-state index in [9.17, 15) is 4.79 Å². The van der Waals surface area contributed by atoms with E-state index in [-0.39, 0.29) is 17.7 Å². The van der Waals surface area contributed by atoms with E-state index in [4.69, 9.17) is 21.1 Å². The van der Waals surface area contributed by atoms with E-state index in [0.717, 1.165) is 17.5 Å². The van der Waals surface area contributed by atoms with Crippen molar-refractivity contribution in [1.82, 2.24) is 5.32 Å². The van der Waals surface area contributed by atoms with Gasteiger partial charge in [-0.1, -0.05) is 43.6 Å². The van der Waals surface area contributed by atoms with Crippen molar-refractivity contribution in [2.45, 2.75) is 26.2 Å². The van der Waals surface area contributed by atoms with E-state index in [0.29, 0.717) is 23.1 Å². The molecule has 2 aromatic rings. The molecular formula is C21H26ClNO3. The lowest BCUT2D eigenvalue weighted by molar-refractivity contribution is -0.123. The predicted molar refractivity (Wildman–Crippen MR) is 105 cm³/mol. The standard InChI is InChI=1S/C21H26ClNO3/c1-14(2)20(16-6-8-17(22)9-7-16)21(24)23-12-11-15-5-10-18(25-3)19(13-15)26-4/h5-10,13-14,20H,11-12H2,1-4H3,(H,23,24)/t20-/m0/s1. The molecule has 2 aromatic carbocycles. The number of benzene rings is 2. The molecule has 0 saturated carbocycles. The number of rotatable bonds is 8. The van der Waals surface area contributed by atoms with Crippen LogP contribution >= 0.6 is 11.6 Å². The van der Waals surface area contributed by atoms with Crippen molar-refractivity contribution in [2.75, 3.05) is 20.8 Å². The summed E-state index contributed by atoms with van der Waals surface area (Å²) in [6.07, 6.45) is 0.720. The minimum absolute atomic E-state index is 0.0304. The second-order valence-electron chi connectivity index (χ2n) is 6.50. The molecule has 0 bridgehead atoms. The molecule has 0 radical (unpaired) electrons. The van der Waals surface area contributed by atoms with E-state index < -0.39 is 0 Å². The summed E-state index contributed by atoms with van der Waals surface area (Å²) in [5.41, 5.74) is 2.06. The molecule has 0 heterocycles. The molecule has 0 aliphatic heterocycles. The van der Waals surface area contributed by atoms with Crippen LogP contribution in [-0.4, -0.2) is 26.7 Å². The van der Waals surface area contributed by atoms with Crippen LogP contribution in [0.2, 0.25) is 5.02 Å². The maximum atomic E-state index is 12.7. The second kappa shape index (κ2) is 9.48. The fourth-order valence-corrected chi connectivity index (χ4v) is 3.11. The van der Waals surface area contributed by atoms with Crippen molar-refractivity contribution >= 4 is 17.5 Å². The molecule has 0 fully saturated rings. The molecule has 5 heteroatoms. The first-order chi connectivity index (χ1) is 12.5. The average molecular weight is 376 g/mol. The first-order valence-corrected chi connectivity index (χ1v) is 9.08. The van der Waals surface area contributed by atoms with E-state index in [1.54, 1.807) is 14.2 Å². The van der Waals surface area contributed by atoms with Gasteiger partial charge in [-0.2, -0.15) is 0 Å². The Bertz CT molecular complexity index is 729. The minimum atomic E-state index is -0.197. The lowest BCUT2D eigenvalue weighted by Gasteiger charge is -2.21. The van der Waals surface area contributed by atoms with Gasteiger partial charge in [0.05, 0.1) is 20.1 Å². The molecule has 0 aliphatic rings. The molecule has 4 nitrogen and oxygen atoms in total. The van der Waals surface area contributed by atoms with Gasteiger partial charge in [-0.3, -0.25) is 4.79 Å². The highest BCUT2D eigenvalue weighted by molar-refractivity contribution is 6.30. The van der Waals surface area contributed by atoms with Crippen molar-refractivity contribution in [3.8, 4) is 11.5 Å². The van der Waals surface area contributed by atoms with Crippen molar-refractivity contribution in [1.29, 1.82) is 0 Å². The van der Waals surface area contributed by atoms with E-state index in [1.807, 2.05) is 56.3 Å². The molecule has 1 amide bonds. The van der Waals surface area contributed by atoms with Crippen molar-refractivity contribution in [3.63, 3.8) is 0 Å². The van der Waals surface area contributed by atoms with E-state index in [2.05, 4.69) is 5.32 Å². The number of amides is 1. The van der Waals surface area contributed by atoms with Gasteiger partial charge in [0.25, 0.3) is 0 Å². The molecule has 0 saturated heterocycles. The third-order valence-electron chi connectivity index (χ3n) is 4.34. The van der Waals surface area contributed by atoms with E-state index in [1.165, 1.54) is 0 Å². The van der Waals surface area contributed by atoms with Crippen LogP contribution in [0, 0.1) is 5.92 Å². The van der Waals surface area contributed by atoms with Gasteiger partial charge in [0.1, 0.15) is 0 Å². The number of ether oxygens (including phenoxy) is 2. The van der Waals surface area contributed by atoms with Gasteiger partial charge >= 0.3 is 0 Å². The smallest absolute Gasteiger partial charge is 0.227 e. The monoisotopic (exact) mass is 375 g/mol. The van der Waals surface area contributed by atoms with Gasteiger partial charge in [0, 0.05) is 11.6 Å². The van der Waals surface area contributed by atoms with Gasteiger partial charge in [-0.05, 0) is 47.7 Å². The largest absolute Gasteiger partial charge is 0.493 e. The Balaban J connectivity index is 1.99. The Kier molecular flexibility index (Phi) is 7.34. The Morgan fingerprint density at radius 1 is 1.04 bits per heavy atom. The summed E-state index contributed by atoms with van der Waals surface area (Å²) in [7, 11) is 3.23. The molecule has 1 N–H and O–H groups in total. The molecule has 1 atom stereocenters. The summed E-state index contributed by atoms with van der Waals surface area (Å²) in [6, 6.07) is 13.3. The number of carbonyl (C=O) groups is 1. The fraction of sp³-hybridized carbons (Fsp3) is 0.381. The van der Waals surface area contributed by atoms with Gasteiger partial charge in [0.2, 0.25) is 5.91 Å². The van der Waals surface area contributed by atoms with Crippen LogP contribution in [0.4, 0.5) is 0 Å². The zero-order valence-corrected chi connectivity index (χ0v) is 16.5. The van der Waals surface area contributed by atoms with Gasteiger partial charge in [0.15, 0.2) is 11.5 Å². The maximum Gasteiger partial charge on any atom is 0.227 e. The summed E-state index contributed by atoms with van der Waals surface area (Å²) in [5, 5.41) is 3.72. The highest BCUT2D eigenvalue weighted by Crippen LogP contribution is 2.28. The Morgan fingerprint density at radius 2 is 1.69 bits per heavy atom. The molecule has 140 valence electrons. The maximum absolute atomic E-state index is 12.7. The molecule has 26 heavy (non-hydrogen) atoms. The van der Waals surface area contributed by atoms with Gasteiger partial charge in [-0.15, -0.1) is 0 Å². The summed E-state index contributed by atoms with van der Waals surface area (Å²) in [4.78, 5) is 12.7. The molecule has 0 spiro atoms. The molecular weight excluding hydrogens is 350 g/mol. The van der Waals surface area contributed by atoms with Crippen LogP contribution in [0.1, 0.15) is 30.9 Å². The Labute approximate surface area is 160 Å². The molecule has 0 aliphatic carbocycles. The first-order valence-electron chi connectivity index (χ1n) is 8.70. The van der Waals surface area contributed by atoms with E-state index >= 15 is 0 Å². The highest BCUT2D eigenvalue weighted by atomic mass is 35.5. The number of halogens is 1. The summed E-state index contributed by atoms with van der Waals surface area (Å²) >= 11 is 5.95. The van der Waals surface area contributed by atoms with Crippen LogP contribution in [0.5, 0.6) is 11.5 Å². The van der Waals surface area contributed by atoms with Crippen molar-refractivity contribution in [2.24, 2.45) is 5.92 Å². The Hall–Kier alpha value is -2.20. The molecule has 0 aromatic heterocycles. The number of hydrogen-bond acceptors (Lipinski definition) is 3. The van der Waals surface area contributed by atoms with Gasteiger partial charge in [-0.25, -0.2) is 0 Å². The zero-order valence-electron chi connectivity index (χ0n) is 15.7. The number of nitrogens with one attached hydrogen (secondary N) is 1. The fourth-order valence-electron chi connectivity index (χ4n) is 2.99. The first kappa shape index (κ1) is 20.1. The van der Waals surface area contributed by atoms with Crippen LogP contribution in [0.25, 0.3) is 0 Å². The SMILES string of the molecule is COc1ccc(CCNC(=O)[C@H](c2ccc(Cl)cc2)C(C)C)cc1OC. The third-order valence-corrected chi connectivity index (χ3v) is 4.59. The lowest BCUT2D eigenvalue weighted by atomic mass is 9.87. The highest BCUT2D eigenvalue weighted by Gasteiger charge is 2.23. The third kappa shape index (κ3) is 5.15. The number of hydrogen-bond donors (Lipinski definition) is 1. The Morgan fingerprint density at radius 3 is 2.27 bits per heavy atom. The topological polar surface area (TPSA) is 47.6 Å². The molecule has 2 rings (SSSR count). The van der Waals surface area contributed by atoms with Gasteiger partial charge < -0.3 is 14.8 Å². The minimum Gasteiger partial charge on any atom is -0.493 e. The zero-order chi connectivity index (χ0) is 19.1. The lowest BCUT2D eigenvalue weighted by Crippen LogP contribution is -2.33. The number of carbonyl (C=O) groups excluding carboxylic acids is 1. The summed E-state index contributed by atoms with van der Waals surface area (Å²) < 4.78 is 10.6. The molecule has 0 unspecified atom stereocenters. The normalized spacial score (nSPS) is 11.9. The number of methoxy groups -OCH3 is 2. The average Bonchev–Trinajstić information content (AvgIpc) is 2.63. The quantitative estimate of drug-likeness (QED) is 0.741. The summed E-state index contributed by atoms with van der Waals surface area (Å²) in [6.45, 7) is 4.66. The van der Waals surface area contributed by atoms with Crippen molar-refractivity contribution in [3.05, 3.63) is 58.6 Å². The van der Waals surface area contributed by atoms with Crippen LogP contribution in [0.3, 0.4) is 0 Å². The van der Waals surface area contributed by atoms with Crippen LogP contribution in [-0.2, 0) is 11.2 Å². The predicted octanol–water partition coefficient (Wildman–Crippen LogP) is 4.46. The van der Waals surface area contributed by atoms with Crippen LogP contribution in [0.15, 0.2) is 42.5 Å². The summed E-state index contributed by atoms with van der Waals surface area (Å²) in [5.74, 6) is 1.41. The van der Waals surface area contributed by atoms with Crippen molar-refractivity contribution < 1.29 is 14.3 Å². The van der Waals surface area contributed by atoms with Crippen LogP contribution < -0.4 is 14.8 Å². The second-order valence-corrected chi connectivity index (χ2v) is 6.94.